The summed E-state index contributed by atoms with van der Waals surface area (Å²) in [4.78, 5) is 4.28. The second kappa shape index (κ2) is 9.20. The molecule has 6 heteroatoms. The van der Waals surface area contributed by atoms with E-state index >= 15 is 0 Å². The van der Waals surface area contributed by atoms with Gasteiger partial charge in [0.25, 0.3) is 0 Å². The summed E-state index contributed by atoms with van der Waals surface area (Å²) in [7, 11) is 1.75. The van der Waals surface area contributed by atoms with Crippen LogP contribution in [0.2, 0.25) is 0 Å². The normalized spacial score (nSPS) is 11.0. The smallest absolute Gasteiger partial charge is 0.191 e. The molecule has 0 atom stereocenters. The van der Waals surface area contributed by atoms with Crippen LogP contribution in [0.25, 0.3) is 0 Å². The Hall–Kier alpha value is -3.59. The van der Waals surface area contributed by atoms with Gasteiger partial charge < -0.3 is 10.6 Å². The molecule has 0 bridgehead atoms. The van der Waals surface area contributed by atoms with Crippen molar-refractivity contribution in [2.75, 3.05) is 7.05 Å². The molecule has 0 saturated heterocycles. The summed E-state index contributed by atoms with van der Waals surface area (Å²) in [6.07, 6.45) is 3.75. The molecule has 0 aliphatic carbocycles. The lowest BCUT2D eigenvalue weighted by Gasteiger charge is -2.14. The topological polar surface area (TPSA) is 78.0 Å². The van der Waals surface area contributed by atoms with E-state index in [-0.39, 0.29) is 0 Å². The number of guanidine groups is 1. The van der Waals surface area contributed by atoms with E-state index in [0.29, 0.717) is 18.7 Å². The van der Waals surface area contributed by atoms with Gasteiger partial charge in [0, 0.05) is 32.5 Å². The van der Waals surface area contributed by atoms with E-state index in [9.17, 15) is 0 Å². The monoisotopic (exact) mass is 358 g/mol. The van der Waals surface area contributed by atoms with Crippen molar-refractivity contribution in [3.8, 4) is 6.07 Å². The molecule has 2 N–H and O–H groups in total. The fourth-order valence-electron chi connectivity index (χ4n) is 2.74. The summed E-state index contributed by atoms with van der Waals surface area (Å²) in [5.41, 5.74) is 4.18. The average Bonchev–Trinajstić information content (AvgIpc) is 3.23. The molecule has 0 aliphatic heterocycles. The minimum atomic E-state index is 0.639. The quantitative estimate of drug-likeness (QED) is 0.525. The predicted octanol–water partition coefficient (Wildman–Crippen LogP) is 2.67. The highest BCUT2D eigenvalue weighted by molar-refractivity contribution is 5.79. The molecule has 2 aromatic carbocycles. The Kier molecular flexibility index (Phi) is 6.21. The van der Waals surface area contributed by atoms with Crippen LogP contribution in [0.4, 0.5) is 0 Å². The second-order valence-electron chi connectivity index (χ2n) is 6.06. The first-order chi connectivity index (χ1) is 13.3. The van der Waals surface area contributed by atoms with Gasteiger partial charge in [0.2, 0.25) is 0 Å². The lowest BCUT2D eigenvalue weighted by Crippen LogP contribution is -2.36. The Labute approximate surface area is 159 Å². The van der Waals surface area contributed by atoms with Crippen LogP contribution in [0, 0.1) is 11.3 Å². The van der Waals surface area contributed by atoms with Gasteiger partial charge >= 0.3 is 0 Å². The van der Waals surface area contributed by atoms with E-state index in [2.05, 4.69) is 38.9 Å². The summed E-state index contributed by atoms with van der Waals surface area (Å²) < 4.78 is 1.91. The first-order valence-electron chi connectivity index (χ1n) is 8.76. The molecule has 0 aliphatic rings. The van der Waals surface area contributed by atoms with E-state index in [1.54, 1.807) is 13.2 Å². The molecule has 3 rings (SSSR count). The number of aromatic nitrogens is 2. The van der Waals surface area contributed by atoms with Crippen LogP contribution >= 0.6 is 0 Å². The Bertz CT molecular complexity index is 920. The molecule has 136 valence electrons. The van der Waals surface area contributed by atoms with Gasteiger partial charge in [0.05, 0.1) is 18.2 Å². The van der Waals surface area contributed by atoms with E-state index in [0.717, 1.165) is 18.1 Å². The fourth-order valence-corrected chi connectivity index (χ4v) is 2.74. The molecule has 3 aromatic rings. The number of benzene rings is 2. The first-order valence-corrected chi connectivity index (χ1v) is 8.76. The SMILES string of the molecule is CN=C(NCc1ccc(C#N)cc1)NCc1ccccc1Cn1cccn1. The van der Waals surface area contributed by atoms with E-state index in [1.165, 1.54) is 11.1 Å². The molecular weight excluding hydrogens is 336 g/mol. The highest BCUT2D eigenvalue weighted by Gasteiger charge is 2.05. The molecule has 0 fully saturated rings. The number of nitriles is 1. The molecule has 27 heavy (non-hydrogen) atoms. The van der Waals surface area contributed by atoms with Crippen LogP contribution in [0.5, 0.6) is 0 Å². The summed E-state index contributed by atoms with van der Waals surface area (Å²) in [6.45, 7) is 2.05. The lowest BCUT2D eigenvalue weighted by molar-refractivity contribution is 0.677. The maximum absolute atomic E-state index is 8.87. The third-order valence-corrected chi connectivity index (χ3v) is 4.22. The van der Waals surface area contributed by atoms with Crippen LogP contribution in [0.15, 0.2) is 72.0 Å². The van der Waals surface area contributed by atoms with Crippen molar-refractivity contribution < 1.29 is 0 Å². The zero-order valence-corrected chi connectivity index (χ0v) is 15.3. The predicted molar refractivity (Wildman–Crippen MR) is 106 cm³/mol. The van der Waals surface area contributed by atoms with Crippen molar-refractivity contribution >= 4 is 5.96 Å². The highest BCUT2D eigenvalue weighted by atomic mass is 15.3. The van der Waals surface area contributed by atoms with Gasteiger partial charge in [-0.25, -0.2) is 0 Å². The van der Waals surface area contributed by atoms with Crippen LogP contribution in [0.3, 0.4) is 0 Å². The van der Waals surface area contributed by atoms with Crippen LogP contribution in [0.1, 0.15) is 22.3 Å². The zero-order valence-electron chi connectivity index (χ0n) is 15.3. The summed E-state index contributed by atoms with van der Waals surface area (Å²) in [5, 5.41) is 19.8. The second-order valence-corrected chi connectivity index (χ2v) is 6.06. The molecule has 0 saturated carbocycles. The van der Waals surface area contributed by atoms with Crippen LogP contribution < -0.4 is 10.6 Å². The van der Waals surface area contributed by atoms with Gasteiger partial charge in [-0.2, -0.15) is 10.4 Å². The minimum Gasteiger partial charge on any atom is -0.352 e. The summed E-state index contributed by atoms with van der Waals surface area (Å²) in [5.74, 6) is 0.730. The zero-order chi connectivity index (χ0) is 18.9. The first kappa shape index (κ1) is 18.2. The molecule has 6 nitrogen and oxygen atoms in total. The number of aliphatic imine (C=N–C) groups is 1. The van der Waals surface area contributed by atoms with Crippen molar-refractivity contribution in [1.82, 2.24) is 20.4 Å². The minimum absolute atomic E-state index is 0.639. The van der Waals surface area contributed by atoms with Crippen LogP contribution in [-0.4, -0.2) is 22.8 Å². The van der Waals surface area contributed by atoms with Crippen molar-refractivity contribution in [3.05, 3.63) is 89.2 Å². The van der Waals surface area contributed by atoms with E-state index in [4.69, 9.17) is 5.26 Å². The largest absolute Gasteiger partial charge is 0.352 e. The average molecular weight is 358 g/mol. The van der Waals surface area contributed by atoms with Gasteiger partial charge in [0.1, 0.15) is 0 Å². The van der Waals surface area contributed by atoms with Crippen molar-refractivity contribution in [1.29, 1.82) is 5.26 Å². The highest BCUT2D eigenvalue weighted by Crippen LogP contribution is 2.10. The molecule has 0 amide bonds. The maximum Gasteiger partial charge on any atom is 0.191 e. The van der Waals surface area contributed by atoms with Gasteiger partial charge in [-0.3, -0.25) is 9.67 Å². The van der Waals surface area contributed by atoms with E-state index in [1.807, 2.05) is 53.3 Å². The Balaban J connectivity index is 1.57. The fraction of sp³-hybridized carbons (Fsp3) is 0.190. The summed E-state index contributed by atoms with van der Waals surface area (Å²) >= 11 is 0. The van der Waals surface area contributed by atoms with Gasteiger partial charge in [0.15, 0.2) is 5.96 Å². The van der Waals surface area contributed by atoms with Crippen LogP contribution in [-0.2, 0) is 19.6 Å². The Morgan fingerprint density at radius 2 is 1.78 bits per heavy atom. The van der Waals surface area contributed by atoms with Crippen molar-refractivity contribution in [2.24, 2.45) is 4.99 Å². The van der Waals surface area contributed by atoms with Gasteiger partial charge in [-0.15, -0.1) is 0 Å². The summed E-state index contributed by atoms with van der Waals surface area (Å²) in [6, 6.07) is 19.9. The molecule has 0 unspecified atom stereocenters. The molecule has 1 heterocycles. The Morgan fingerprint density at radius 3 is 2.44 bits per heavy atom. The van der Waals surface area contributed by atoms with Gasteiger partial charge in [-0.05, 0) is 34.9 Å². The molecule has 1 aromatic heterocycles. The number of nitrogens with one attached hydrogen (secondary N) is 2. The number of hydrogen-bond donors (Lipinski definition) is 2. The third-order valence-electron chi connectivity index (χ3n) is 4.22. The maximum atomic E-state index is 8.87. The molecule has 0 radical (unpaired) electrons. The Morgan fingerprint density at radius 1 is 1.04 bits per heavy atom. The molecule has 0 spiro atoms. The lowest BCUT2D eigenvalue weighted by atomic mass is 10.1. The van der Waals surface area contributed by atoms with E-state index < -0.39 is 0 Å². The van der Waals surface area contributed by atoms with Crippen molar-refractivity contribution in [2.45, 2.75) is 19.6 Å². The third kappa shape index (κ3) is 5.19. The molecular formula is C21H22N6. The number of rotatable bonds is 6. The standard InChI is InChI=1S/C21H22N6/c1-23-21(24-14-18-9-7-17(13-22)8-10-18)25-15-19-5-2-3-6-20(19)16-27-12-4-11-26-27/h2-12H,14-16H2,1H3,(H2,23,24,25). The number of hydrogen-bond acceptors (Lipinski definition) is 3. The number of nitrogens with zero attached hydrogens (tertiary/aromatic N) is 4. The van der Waals surface area contributed by atoms with Crippen molar-refractivity contribution in [3.63, 3.8) is 0 Å². The van der Waals surface area contributed by atoms with Gasteiger partial charge in [-0.1, -0.05) is 36.4 Å².